The van der Waals surface area contributed by atoms with Gasteiger partial charge in [0.25, 0.3) is 11.8 Å². The maximum Gasteiger partial charge on any atom is 0.324 e. The zero-order valence-electron chi connectivity index (χ0n) is 16.7. The highest BCUT2D eigenvalue weighted by atomic mass is 16.5. The third-order valence-corrected chi connectivity index (χ3v) is 4.41. The summed E-state index contributed by atoms with van der Waals surface area (Å²) in [7, 11) is 0. The van der Waals surface area contributed by atoms with E-state index in [0.29, 0.717) is 12.1 Å². The molecule has 152 valence electrons. The van der Waals surface area contributed by atoms with Crippen molar-refractivity contribution in [2.24, 2.45) is 0 Å². The summed E-state index contributed by atoms with van der Waals surface area (Å²) in [6.07, 6.45) is -1.13. The average molecular weight is 389 g/mol. The summed E-state index contributed by atoms with van der Waals surface area (Å²) in [5, 5.41) is 5.16. The van der Waals surface area contributed by atoms with Crippen LogP contribution in [-0.2, 0) is 19.7 Å². The van der Waals surface area contributed by atoms with E-state index in [0.717, 1.165) is 10.5 Å². The van der Waals surface area contributed by atoms with Crippen LogP contribution in [0.1, 0.15) is 50.0 Å². The molecule has 8 heteroatoms. The Hall–Kier alpha value is -2.90. The summed E-state index contributed by atoms with van der Waals surface area (Å²) < 4.78 is 5.05. The standard InChI is InChI=1S/C20H27N3O5/c1-13(18(26)23-12-11-22-19(23)27)28-16(24)9-10-21-17(25)14-5-7-15(8-6-14)20(2,3)4/h5-8,13H,9-12H2,1-4H3,(H,21,25)(H,22,27)/t13-/m1/s1. The van der Waals surface area contributed by atoms with Gasteiger partial charge in [-0.15, -0.1) is 0 Å². The molecule has 0 unspecified atom stereocenters. The van der Waals surface area contributed by atoms with Gasteiger partial charge in [0, 0.05) is 25.2 Å². The normalized spacial score (nSPS) is 15.0. The van der Waals surface area contributed by atoms with Crippen LogP contribution in [0.5, 0.6) is 0 Å². The number of hydrogen-bond acceptors (Lipinski definition) is 5. The molecule has 1 saturated heterocycles. The Morgan fingerprint density at radius 3 is 2.39 bits per heavy atom. The Balaban J connectivity index is 1.76. The summed E-state index contributed by atoms with van der Waals surface area (Å²) in [4.78, 5) is 48.6. The molecule has 1 aliphatic rings. The molecule has 8 nitrogen and oxygen atoms in total. The lowest BCUT2D eigenvalue weighted by Gasteiger charge is -2.19. The zero-order valence-corrected chi connectivity index (χ0v) is 16.7. The van der Waals surface area contributed by atoms with Gasteiger partial charge >= 0.3 is 12.0 Å². The fourth-order valence-corrected chi connectivity index (χ4v) is 2.71. The Kier molecular flexibility index (Phi) is 6.77. The third kappa shape index (κ3) is 5.55. The monoisotopic (exact) mass is 389 g/mol. The van der Waals surface area contributed by atoms with E-state index >= 15 is 0 Å². The molecule has 1 aromatic rings. The Labute approximate surface area is 164 Å². The second-order valence-corrected chi connectivity index (χ2v) is 7.69. The number of esters is 1. The number of carbonyl (C=O) groups is 4. The zero-order chi connectivity index (χ0) is 20.9. The molecule has 0 saturated carbocycles. The highest BCUT2D eigenvalue weighted by molar-refractivity contribution is 5.98. The fraction of sp³-hybridized carbons (Fsp3) is 0.500. The van der Waals surface area contributed by atoms with Crippen LogP contribution in [0.2, 0.25) is 0 Å². The van der Waals surface area contributed by atoms with Crippen molar-refractivity contribution < 1.29 is 23.9 Å². The van der Waals surface area contributed by atoms with E-state index in [1.807, 2.05) is 12.1 Å². The topological polar surface area (TPSA) is 105 Å². The summed E-state index contributed by atoms with van der Waals surface area (Å²) in [5.74, 6) is -1.47. The van der Waals surface area contributed by atoms with Crippen LogP contribution >= 0.6 is 0 Å². The van der Waals surface area contributed by atoms with Crippen molar-refractivity contribution in [1.29, 1.82) is 0 Å². The molecule has 2 N–H and O–H groups in total. The number of amides is 4. The smallest absolute Gasteiger partial charge is 0.324 e. The lowest BCUT2D eigenvalue weighted by atomic mass is 9.87. The lowest BCUT2D eigenvalue weighted by molar-refractivity contribution is -0.157. The number of carbonyl (C=O) groups excluding carboxylic acids is 4. The highest BCUT2D eigenvalue weighted by Crippen LogP contribution is 2.22. The van der Waals surface area contributed by atoms with E-state index < -0.39 is 24.0 Å². The first-order chi connectivity index (χ1) is 13.1. The van der Waals surface area contributed by atoms with Crippen molar-refractivity contribution in [2.75, 3.05) is 19.6 Å². The van der Waals surface area contributed by atoms with Crippen LogP contribution in [0.15, 0.2) is 24.3 Å². The fourth-order valence-electron chi connectivity index (χ4n) is 2.71. The summed E-state index contributed by atoms with van der Waals surface area (Å²) in [5.41, 5.74) is 1.63. The van der Waals surface area contributed by atoms with Gasteiger partial charge in [0.2, 0.25) is 0 Å². The first-order valence-corrected chi connectivity index (χ1v) is 9.27. The van der Waals surface area contributed by atoms with Gasteiger partial charge in [-0.25, -0.2) is 4.79 Å². The molecule has 0 aromatic heterocycles. The SMILES string of the molecule is C[C@@H](OC(=O)CCNC(=O)c1ccc(C(C)(C)C)cc1)C(=O)N1CCNC1=O. The number of urea groups is 1. The second-order valence-electron chi connectivity index (χ2n) is 7.69. The van der Waals surface area contributed by atoms with Gasteiger partial charge in [-0.05, 0) is 30.0 Å². The molecular formula is C20H27N3O5. The van der Waals surface area contributed by atoms with Gasteiger partial charge in [-0.1, -0.05) is 32.9 Å². The van der Waals surface area contributed by atoms with E-state index in [9.17, 15) is 19.2 Å². The predicted octanol–water partition coefficient (Wildman–Crippen LogP) is 1.59. The third-order valence-electron chi connectivity index (χ3n) is 4.41. The van der Waals surface area contributed by atoms with Crippen molar-refractivity contribution in [2.45, 2.75) is 45.6 Å². The minimum atomic E-state index is -1.06. The number of nitrogens with one attached hydrogen (secondary N) is 2. The molecule has 1 heterocycles. The number of imide groups is 1. The number of nitrogens with zero attached hydrogens (tertiary/aromatic N) is 1. The van der Waals surface area contributed by atoms with Gasteiger partial charge in [-0.2, -0.15) is 0 Å². The molecule has 1 aromatic carbocycles. The molecule has 1 fully saturated rings. The first kappa shape index (κ1) is 21.4. The molecule has 0 radical (unpaired) electrons. The number of benzene rings is 1. The van der Waals surface area contributed by atoms with E-state index in [4.69, 9.17) is 4.74 Å². The first-order valence-electron chi connectivity index (χ1n) is 9.27. The van der Waals surface area contributed by atoms with E-state index in [2.05, 4.69) is 31.4 Å². The number of hydrogen-bond donors (Lipinski definition) is 2. The summed E-state index contributed by atoms with van der Waals surface area (Å²) in [6.45, 7) is 8.42. The maximum absolute atomic E-state index is 12.2. The summed E-state index contributed by atoms with van der Waals surface area (Å²) >= 11 is 0. The lowest BCUT2D eigenvalue weighted by Crippen LogP contribution is -2.42. The molecule has 1 atom stereocenters. The largest absolute Gasteiger partial charge is 0.452 e. The van der Waals surface area contributed by atoms with Crippen LogP contribution in [0.4, 0.5) is 4.79 Å². The molecule has 2 rings (SSSR count). The van der Waals surface area contributed by atoms with Gasteiger partial charge in [-0.3, -0.25) is 19.3 Å². The Morgan fingerprint density at radius 2 is 1.86 bits per heavy atom. The van der Waals surface area contributed by atoms with Crippen LogP contribution in [0.3, 0.4) is 0 Å². The van der Waals surface area contributed by atoms with Gasteiger partial charge in [0.1, 0.15) is 0 Å². The van der Waals surface area contributed by atoms with Crippen molar-refractivity contribution in [1.82, 2.24) is 15.5 Å². The molecule has 0 aliphatic carbocycles. The minimum absolute atomic E-state index is 0.00262. The van der Waals surface area contributed by atoms with Gasteiger partial charge < -0.3 is 15.4 Å². The van der Waals surface area contributed by atoms with Gasteiger partial charge in [0.15, 0.2) is 6.10 Å². The van der Waals surface area contributed by atoms with Crippen molar-refractivity contribution in [3.05, 3.63) is 35.4 Å². The summed E-state index contributed by atoms with van der Waals surface area (Å²) in [6, 6.07) is 6.82. The minimum Gasteiger partial charge on any atom is -0.452 e. The molecule has 1 aliphatic heterocycles. The van der Waals surface area contributed by atoms with Crippen LogP contribution < -0.4 is 10.6 Å². The molecular weight excluding hydrogens is 362 g/mol. The maximum atomic E-state index is 12.2. The van der Waals surface area contributed by atoms with Crippen LogP contribution in [0, 0.1) is 0 Å². The Morgan fingerprint density at radius 1 is 1.21 bits per heavy atom. The van der Waals surface area contributed by atoms with E-state index in [-0.39, 0.29) is 30.8 Å². The van der Waals surface area contributed by atoms with Crippen molar-refractivity contribution in [3.8, 4) is 0 Å². The predicted molar refractivity (Wildman–Crippen MR) is 103 cm³/mol. The van der Waals surface area contributed by atoms with Crippen molar-refractivity contribution in [3.63, 3.8) is 0 Å². The number of ether oxygens (including phenoxy) is 1. The average Bonchev–Trinajstić information content (AvgIpc) is 3.06. The van der Waals surface area contributed by atoms with E-state index in [1.54, 1.807) is 12.1 Å². The second kappa shape index (κ2) is 8.86. The molecule has 28 heavy (non-hydrogen) atoms. The highest BCUT2D eigenvalue weighted by Gasteiger charge is 2.31. The van der Waals surface area contributed by atoms with Crippen molar-refractivity contribution >= 4 is 23.8 Å². The Bertz CT molecular complexity index is 752. The molecule has 0 spiro atoms. The molecule has 4 amide bonds. The van der Waals surface area contributed by atoms with E-state index in [1.165, 1.54) is 6.92 Å². The quantitative estimate of drug-likeness (QED) is 0.719. The number of rotatable bonds is 6. The molecule has 0 bridgehead atoms. The van der Waals surface area contributed by atoms with Gasteiger partial charge in [0.05, 0.1) is 6.42 Å². The van der Waals surface area contributed by atoms with Crippen LogP contribution in [-0.4, -0.2) is 54.5 Å². The van der Waals surface area contributed by atoms with Crippen LogP contribution in [0.25, 0.3) is 0 Å².